The van der Waals surface area contributed by atoms with Crippen molar-refractivity contribution in [2.24, 2.45) is 5.92 Å². The van der Waals surface area contributed by atoms with Gasteiger partial charge in [-0.15, -0.1) is 10.2 Å². The van der Waals surface area contributed by atoms with Crippen LogP contribution in [0.15, 0.2) is 67.0 Å². The van der Waals surface area contributed by atoms with Crippen LogP contribution in [0.1, 0.15) is 24.0 Å². The summed E-state index contributed by atoms with van der Waals surface area (Å²) in [7, 11) is 0. The van der Waals surface area contributed by atoms with E-state index in [1.54, 1.807) is 6.20 Å². The number of anilines is 2. The molecule has 7 nitrogen and oxygen atoms in total. The normalized spacial score (nSPS) is 14.3. The predicted molar refractivity (Wildman–Crippen MR) is 117 cm³/mol. The zero-order valence-electron chi connectivity index (χ0n) is 16.9. The molecule has 0 aliphatic carbocycles. The number of hydrogen-bond acceptors (Lipinski definition) is 6. The first kappa shape index (κ1) is 19.8. The Morgan fingerprint density at radius 2 is 1.73 bits per heavy atom. The highest BCUT2D eigenvalue weighted by atomic mass is 16.1. The third kappa shape index (κ3) is 5.31. The van der Waals surface area contributed by atoms with Gasteiger partial charge in [-0.05, 0) is 42.2 Å². The second kappa shape index (κ2) is 9.82. The molecule has 7 heteroatoms. The summed E-state index contributed by atoms with van der Waals surface area (Å²) in [6, 6.07) is 17.9. The van der Waals surface area contributed by atoms with E-state index in [0.717, 1.165) is 48.7 Å². The van der Waals surface area contributed by atoms with Gasteiger partial charge in [0.05, 0.1) is 0 Å². The summed E-state index contributed by atoms with van der Waals surface area (Å²) >= 11 is 0. The average Bonchev–Trinajstić information content (AvgIpc) is 2.83. The second-order valence-corrected chi connectivity index (χ2v) is 7.46. The molecule has 1 amide bonds. The van der Waals surface area contributed by atoms with Gasteiger partial charge in [-0.25, -0.2) is 0 Å². The van der Waals surface area contributed by atoms with Gasteiger partial charge in [0.25, 0.3) is 0 Å². The number of hydrogen-bond donors (Lipinski definition) is 2. The Labute approximate surface area is 176 Å². The van der Waals surface area contributed by atoms with Crippen LogP contribution in [0.3, 0.4) is 0 Å². The quantitative estimate of drug-likeness (QED) is 0.632. The summed E-state index contributed by atoms with van der Waals surface area (Å²) < 4.78 is 0. The van der Waals surface area contributed by atoms with E-state index in [4.69, 9.17) is 0 Å². The third-order valence-electron chi connectivity index (χ3n) is 5.35. The van der Waals surface area contributed by atoms with Crippen LogP contribution in [0.2, 0.25) is 0 Å². The SMILES string of the molecule is O=C(NCc1ccccc1)C1CCN(c2ccc(NCc3cccnc3)nn2)CC1. The van der Waals surface area contributed by atoms with E-state index in [2.05, 4.69) is 30.7 Å². The minimum Gasteiger partial charge on any atom is -0.364 e. The maximum absolute atomic E-state index is 12.5. The lowest BCUT2D eigenvalue weighted by atomic mass is 9.96. The summed E-state index contributed by atoms with van der Waals surface area (Å²) in [6.07, 6.45) is 5.23. The van der Waals surface area contributed by atoms with Gasteiger partial charge in [-0.1, -0.05) is 36.4 Å². The van der Waals surface area contributed by atoms with Gasteiger partial charge in [0.15, 0.2) is 5.82 Å². The topological polar surface area (TPSA) is 83.0 Å². The lowest BCUT2D eigenvalue weighted by Gasteiger charge is -2.31. The van der Waals surface area contributed by atoms with Crippen molar-refractivity contribution in [2.75, 3.05) is 23.3 Å². The van der Waals surface area contributed by atoms with E-state index in [1.807, 2.05) is 60.8 Å². The number of benzene rings is 1. The zero-order chi connectivity index (χ0) is 20.6. The van der Waals surface area contributed by atoms with E-state index >= 15 is 0 Å². The highest BCUT2D eigenvalue weighted by Crippen LogP contribution is 2.22. The highest BCUT2D eigenvalue weighted by molar-refractivity contribution is 5.79. The molecular weight excluding hydrogens is 376 g/mol. The molecule has 0 radical (unpaired) electrons. The number of aromatic nitrogens is 3. The van der Waals surface area contributed by atoms with Gasteiger partial charge < -0.3 is 15.5 Å². The third-order valence-corrected chi connectivity index (χ3v) is 5.35. The van der Waals surface area contributed by atoms with Crippen molar-refractivity contribution in [1.82, 2.24) is 20.5 Å². The molecule has 0 bridgehead atoms. The van der Waals surface area contributed by atoms with E-state index in [0.29, 0.717) is 13.1 Å². The van der Waals surface area contributed by atoms with Crippen molar-refractivity contribution in [1.29, 1.82) is 0 Å². The number of piperidine rings is 1. The number of carbonyl (C=O) groups is 1. The van der Waals surface area contributed by atoms with Crippen LogP contribution in [0.5, 0.6) is 0 Å². The summed E-state index contributed by atoms with van der Waals surface area (Å²) in [4.78, 5) is 18.8. The smallest absolute Gasteiger partial charge is 0.223 e. The fourth-order valence-electron chi connectivity index (χ4n) is 3.58. The first-order valence-electron chi connectivity index (χ1n) is 10.3. The van der Waals surface area contributed by atoms with Crippen molar-refractivity contribution < 1.29 is 4.79 Å². The molecule has 30 heavy (non-hydrogen) atoms. The van der Waals surface area contributed by atoms with Crippen LogP contribution >= 0.6 is 0 Å². The Morgan fingerprint density at radius 1 is 0.933 bits per heavy atom. The molecular formula is C23H26N6O. The molecule has 1 fully saturated rings. The lowest BCUT2D eigenvalue weighted by Crippen LogP contribution is -2.40. The van der Waals surface area contributed by atoms with Gasteiger partial charge >= 0.3 is 0 Å². The number of amides is 1. The lowest BCUT2D eigenvalue weighted by molar-refractivity contribution is -0.125. The summed E-state index contributed by atoms with van der Waals surface area (Å²) in [5.41, 5.74) is 2.21. The molecule has 2 N–H and O–H groups in total. The largest absolute Gasteiger partial charge is 0.364 e. The van der Waals surface area contributed by atoms with E-state index in [1.165, 1.54) is 0 Å². The maximum atomic E-state index is 12.5. The molecule has 154 valence electrons. The van der Waals surface area contributed by atoms with E-state index in [-0.39, 0.29) is 11.8 Å². The van der Waals surface area contributed by atoms with Crippen LogP contribution < -0.4 is 15.5 Å². The van der Waals surface area contributed by atoms with E-state index in [9.17, 15) is 4.79 Å². The minimum absolute atomic E-state index is 0.0540. The Kier molecular flexibility index (Phi) is 6.49. The van der Waals surface area contributed by atoms with Crippen LogP contribution in [0.25, 0.3) is 0 Å². The Bertz CT molecular complexity index is 925. The van der Waals surface area contributed by atoms with Gasteiger partial charge in [0.1, 0.15) is 5.82 Å². The fraction of sp³-hybridized carbons (Fsp3) is 0.304. The zero-order valence-corrected chi connectivity index (χ0v) is 16.9. The summed E-state index contributed by atoms with van der Waals surface area (Å²) in [5, 5.41) is 15.0. The molecule has 1 aliphatic heterocycles. The molecule has 3 heterocycles. The fourth-order valence-corrected chi connectivity index (χ4v) is 3.58. The van der Waals surface area contributed by atoms with Crippen molar-refractivity contribution >= 4 is 17.5 Å². The van der Waals surface area contributed by atoms with E-state index < -0.39 is 0 Å². The van der Waals surface area contributed by atoms with Crippen molar-refractivity contribution in [3.63, 3.8) is 0 Å². The molecule has 1 saturated heterocycles. The summed E-state index contributed by atoms with van der Waals surface area (Å²) in [5.74, 6) is 1.78. The molecule has 0 atom stereocenters. The number of carbonyl (C=O) groups excluding carboxylic acids is 1. The molecule has 1 aromatic carbocycles. The highest BCUT2D eigenvalue weighted by Gasteiger charge is 2.25. The molecule has 0 unspecified atom stereocenters. The molecule has 0 saturated carbocycles. The number of nitrogens with zero attached hydrogens (tertiary/aromatic N) is 4. The Hall–Kier alpha value is -3.48. The summed E-state index contributed by atoms with van der Waals surface area (Å²) in [6.45, 7) is 2.85. The Morgan fingerprint density at radius 3 is 2.43 bits per heavy atom. The predicted octanol–water partition coefficient (Wildman–Crippen LogP) is 3.02. The van der Waals surface area contributed by atoms with Crippen LogP contribution in [0, 0.1) is 5.92 Å². The van der Waals surface area contributed by atoms with Crippen molar-refractivity contribution in [3.8, 4) is 0 Å². The second-order valence-electron chi connectivity index (χ2n) is 7.46. The van der Waals surface area contributed by atoms with Gasteiger partial charge in [-0.2, -0.15) is 0 Å². The molecule has 3 aromatic rings. The van der Waals surface area contributed by atoms with Crippen molar-refractivity contribution in [3.05, 3.63) is 78.1 Å². The first-order chi connectivity index (χ1) is 14.8. The number of pyridine rings is 1. The molecule has 0 spiro atoms. The minimum atomic E-state index is 0.0540. The molecule has 2 aromatic heterocycles. The van der Waals surface area contributed by atoms with Gasteiger partial charge in [-0.3, -0.25) is 9.78 Å². The van der Waals surface area contributed by atoms with Gasteiger partial charge in [0.2, 0.25) is 5.91 Å². The average molecular weight is 403 g/mol. The molecule has 4 rings (SSSR count). The van der Waals surface area contributed by atoms with Crippen LogP contribution in [-0.2, 0) is 17.9 Å². The number of rotatable bonds is 7. The first-order valence-corrected chi connectivity index (χ1v) is 10.3. The van der Waals surface area contributed by atoms with Crippen molar-refractivity contribution in [2.45, 2.75) is 25.9 Å². The van der Waals surface area contributed by atoms with Crippen LogP contribution in [0.4, 0.5) is 11.6 Å². The monoisotopic (exact) mass is 402 g/mol. The number of nitrogens with one attached hydrogen (secondary N) is 2. The molecule has 1 aliphatic rings. The maximum Gasteiger partial charge on any atom is 0.223 e. The standard InChI is InChI=1S/C23H26N6O/c30-23(26-16-18-5-2-1-3-6-18)20-10-13-29(14-11-20)22-9-8-21(27-28-22)25-17-19-7-4-12-24-15-19/h1-9,12,15,20H,10-11,13-14,16-17H2,(H,25,27)(H,26,30). The van der Waals surface area contributed by atoms with Gasteiger partial charge in [0, 0.05) is 44.5 Å². The Balaban J connectivity index is 1.23. The van der Waals surface area contributed by atoms with Crippen LogP contribution in [-0.4, -0.2) is 34.2 Å².